The number of hydrogen-bond acceptors (Lipinski definition) is 2. The van der Waals surface area contributed by atoms with E-state index in [1.807, 2.05) is 42.5 Å². The third-order valence-electron chi connectivity index (χ3n) is 2.54. The van der Waals surface area contributed by atoms with Crippen LogP contribution in [-0.4, -0.2) is 17.3 Å². The lowest BCUT2D eigenvalue weighted by Crippen LogP contribution is -2.02. The van der Waals surface area contributed by atoms with Gasteiger partial charge in [-0.15, -0.1) is 18.3 Å². The molecule has 0 heterocycles. The Hall–Kier alpha value is -1.54. The van der Waals surface area contributed by atoms with E-state index in [4.69, 9.17) is 0 Å². The summed E-state index contributed by atoms with van der Waals surface area (Å²) in [6.07, 6.45) is 1.82. The second-order valence-corrected chi connectivity index (χ2v) is 4.82. The van der Waals surface area contributed by atoms with E-state index in [-0.39, 0.29) is 5.78 Å². The van der Waals surface area contributed by atoms with Crippen LogP contribution in [0.5, 0.6) is 0 Å². The predicted octanol–water partition coefficient (Wildman–Crippen LogP) is 3.94. The first-order valence-corrected chi connectivity index (χ1v) is 6.67. The zero-order valence-corrected chi connectivity index (χ0v) is 10.4. The number of carbonyl (C=O) groups is 1. The second kappa shape index (κ2) is 5.69. The number of fused-ring (bicyclic) bond motifs is 1. The van der Waals surface area contributed by atoms with Crippen molar-refractivity contribution in [1.82, 2.24) is 0 Å². The highest BCUT2D eigenvalue weighted by molar-refractivity contribution is 8.00. The Morgan fingerprint density at radius 1 is 1.18 bits per heavy atom. The lowest BCUT2D eigenvalue weighted by atomic mass is 10.1. The average Bonchev–Trinajstić information content (AvgIpc) is 2.38. The average molecular weight is 242 g/mol. The minimum absolute atomic E-state index is 0.183. The van der Waals surface area contributed by atoms with Crippen LogP contribution < -0.4 is 0 Å². The zero-order chi connectivity index (χ0) is 12.1. The highest BCUT2D eigenvalue weighted by Gasteiger charge is 2.05. The smallest absolute Gasteiger partial charge is 0.172 e. The maximum absolute atomic E-state index is 11.9. The lowest BCUT2D eigenvalue weighted by Gasteiger charge is -2.02. The van der Waals surface area contributed by atoms with Gasteiger partial charge in [0, 0.05) is 11.3 Å². The van der Waals surface area contributed by atoms with E-state index >= 15 is 0 Å². The van der Waals surface area contributed by atoms with Crippen LogP contribution in [0.2, 0.25) is 0 Å². The molecule has 0 N–H and O–H groups in total. The Balaban J connectivity index is 2.18. The molecule has 0 radical (unpaired) electrons. The van der Waals surface area contributed by atoms with Crippen molar-refractivity contribution in [2.24, 2.45) is 0 Å². The minimum Gasteiger partial charge on any atom is -0.293 e. The molecule has 0 atom stereocenters. The standard InChI is InChI=1S/C15H14OS/c1-2-9-17-11-15(16)14-8-7-12-5-3-4-6-13(12)10-14/h2-8,10H,1,9,11H2. The fraction of sp³-hybridized carbons (Fsp3) is 0.133. The summed E-state index contributed by atoms with van der Waals surface area (Å²) >= 11 is 1.59. The summed E-state index contributed by atoms with van der Waals surface area (Å²) in [5, 5.41) is 2.29. The molecule has 86 valence electrons. The third kappa shape index (κ3) is 2.98. The largest absolute Gasteiger partial charge is 0.293 e. The molecule has 0 saturated carbocycles. The Labute approximate surface area is 106 Å². The number of Topliss-reactive ketones (excluding diaryl/α,β-unsaturated/α-hetero) is 1. The molecule has 2 aromatic rings. The zero-order valence-electron chi connectivity index (χ0n) is 9.56. The van der Waals surface area contributed by atoms with Gasteiger partial charge in [-0.2, -0.15) is 0 Å². The summed E-state index contributed by atoms with van der Waals surface area (Å²) in [6, 6.07) is 13.9. The molecule has 0 aliphatic heterocycles. The highest BCUT2D eigenvalue weighted by Crippen LogP contribution is 2.17. The van der Waals surface area contributed by atoms with Crippen molar-refractivity contribution in [3.8, 4) is 0 Å². The van der Waals surface area contributed by atoms with E-state index in [1.54, 1.807) is 11.8 Å². The molecular formula is C15H14OS. The second-order valence-electron chi connectivity index (χ2n) is 3.79. The molecule has 0 unspecified atom stereocenters. The number of benzene rings is 2. The van der Waals surface area contributed by atoms with E-state index in [0.717, 1.165) is 16.7 Å². The first-order chi connectivity index (χ1) is 8.31. The highest BCUT2D eigenvalue weighted by atomic mass is 32.2. The van der Waals surface area contributed by atoms with Crippen molar-refractivity contribution in [3.05, 3.63) is 60.7 Å². The van der Waals surface area contributed by atoms with Crippen molar-refractivity contribution in [2.75, 3.05) is 11.5 Å². The van der Waals surface area contributed by atoms with Gasteiger partial charge in [-0.1, -0.05) is 42.5 Å². The van der Waals surface area contributed by atoms with Crippen LogP contribution in [0.25, 0.3) is 10.8 Å². The molecule has 0 spiro atoms. The van der Waals surface area contributed by atoms with Crippen LogP contribution in [0, 0.1) is 0 Å². The summed E-state index contributed by atoms with van der Waals surface area (Å²) in [6.45, 7) is 3.64. The number of hydrogen-bond donors (Lipinski definition) is 0. The molecule has 2 heteroatoms. The van der Waals surface area contributed by atoms with E-state index in [0.29, 0.717) is 5.75 Å². The van der Waals surface area contributed by atoms with E-state index in [1.165, 1.54) is 5.39 Å². The van der Waals surface area contributed by atoms with Gasteiger partial charge < -0.3 is 0 Å². The fourth-order valence-electron chi connectivity index (χ4n) is 1.68. The number of carbonyl (C=O) groups excluding carboxylic acids is 1. The quantitative estimate of drug-likeness (QED) is 0.449. The lowest BCUT2D eigenvalue weighted by molar-refractivity contribution is 0.102. The maximum Gasteiger partial charge on any atom is 0.172 e. The Kier molecular flexibility index (Phi) is 3.99. The molecular weight excluding hydrogens is 228 g/mol. The molecule has 0 amide bonds. The number of ketones is 1. The summed E-state index contributed by atoms with van der Waals surface area (Å²) in [5.41, 5.74) is 0.792. The van der Waals surface area contributed by atoms with Crippen molar-refractivity contribution in [1.29, 1.82) is 0 Å². The molecule has 2 aromatic carbocycles. The Bertz CT molecular complexity index is 545. The van der Waals surface area contributed by atoms with Crippen molar-refractivity contribution >= 4 is 28.3 Å². The van der Waals surface area contributed by atoms with E-state index in [9.17, 15) is 4.79 Å². The van der Waals surface area contributed by atoms with Crippen molar-refractivity contribution in [3.63, 3.8) is 0 Å². The van der Waals surface area contributed by atoms with Gasteiger partial charge in [-0.25, -0.2) is 0 Å². The van der Waals surface area contributed by atoms with Gasteiger partial charge in [0.2, 0.25) is 0 Å². The van der Waals surface area contributed by atoms with Crippen LogP contribution >= 0.6 is 11.8 Å². The summed E-state index contributed by atoms with van der Waals surface area (Å²) in [4.78, 5) is 11.9. The molecule has 1 nitrogen and oxygen atoms in total. The first-order valence-electron chi connectivity index (χ1n) is 5.52. The van der Waals surface area contributed by atoms with Crippen LogP contribution in [0.3, 0.4) is 0 Å². The first kappa shape index (κ1) is 11.9. The van der Waals surface area contributed by atoms with Gasteiger partial charge in [0.25, 0.3) is 0 Å². The normalized spacial score (nSPS) is 10.4. The number of thioether (sulfide) groups is 1. The monoisotopic (exact) mass is 242 g/mol. The van der Waals surface area contributed by atoms with Gasteiger partial charge in [0.15, 0.2) is 5.78 Å². The van der Waals surface area contributed by atoms with E-state index in [2.05, 4.69) is 12.6 Å². The summed E-state index contributed by atoms with van der Waals surface area (Å²) < 4.78 is 0. The topological polar surface area (TPSA) is 17.1 Å². The molecule has 0 saturated heterocycles. The molecule has 0 aliphatic rings. The molecule has 0 aromatic heterocycles. The number of rotatable bonds is 5. The molecule has 0 bridgehead atoms. The minimum atomic E-state index is 0.183. The van der Waals surface area contributed by atoms with Crippen molar-refractivity contribution in [2.45, 2.75) is 0 Å². The van der Waals surface area contributed by atoms with Crippen LogP contribution in [0.1, 0.15) is 10.4 Å². The third-order valence-corrected chi connectivity index (χ3v) is 3.48. The van der Waals surface area contributed by atoms with Gasteiger partial charge >= 0.3 is 0 Å². The van der Waals surface area contributed by atoms with Crippen LogP contribution in [-0.2, 0) is 0 Å². The van der Waals surface area contributed by atoms with Gasteiger partial charge in [0.1, 0.15) is 0 Å². The summed E-state index contributed by atoms with van der Waals surface area (Å²) in [5.74, 6) is 1.52. The van der Waals surface area contributed by atoms with Gasteiger partial charge in [-0.05, 0) is 16.8 Å². The summed E-state index contributed by atoms with van der Waals surface area (Å²) in [7, 11) is 0. The SMILES string of the molecule is C=CCSCC(=O)c1ccc2ccccc2c1. The molecule has 2 rings (SSSR count). The van der Waals surface area contributed by atoms with E-state index < -0.39 is 0 Å². The Morgan fingerprint density at radius 2 is 1.94 bits per heavy atom. The van der Waals surface area contributed by atoms with Gasteiger partial charge in [-0.3, -0.25) is 4.79 Å². The Morgan fingerprint density at radius 3 is 2.71 bits per heavy atom. The van der Waals surface area contributed by atoms with Crippen molar-refractivity contribution < 1.29 is 4.79 Å². The molecule has 17 heavy (non-hydrogen) atoms. The van der Waals surface area contributed by atoms with Gasteiger partial charge in [0.05, 0.1) is 5.75 Å². The maximum atomic E-state index is 11.9. The van der Waals surface area contributed by atoms with Crippen LogP contribution in [0.4, 0.5) is 0 Å². The molecule has 0 aliphatic carbocycles. The predicted molar refractivity (Wildman–Crippen MR) is 75.8 cm³/mol. The van der Waals surface area contributed by atoms with Crippen LogP contribution in [0.15, 0.2) is 55.1 Å². The fourth-order valence-corrected chi connectivity index (χ4v) is 2.32. The molecule has 0 fully saturated rings.